The molecule has 0 atom stereocenters. The van der Waals surface area contributed by atoms with Gasteiger partial charge in [-0.05, 0) is 32.9 Å². The first-order chi connectivity index (χ1) is 9.08. The van der Waals surface area contributed by atoms with E-state index in [9.17, 15) is 4.79 Å². The van der Waals surface area contributed by atoms with Crippen LogP contribution in [0.15, 0.2) is 16.7 Å². The van der Waals surface area contributed by atoms with Gasteiger partial charge in [-0.25, -0.2) is 0 Å². The molecule has 0 aliphatic heterocycles. The van der Waals surface area contributed by atoms with Crippen LogP contribution >= 0.6 is 0 Å². The molecule has 6 nitrogen and oxygen atoms in total. The Morgan fingerprint density at radius 2 is 1.95 bits per heavy atom. The van der Waals surface area contributed by atoms with Crippen LogP contribution in [0.3, 0.4) is 0 Å². The number of pyridine rings is 1. The molecule has 0 bridgehead atoms. The lowest BCUT2D eigenvalue weighted by atomic mass is 10.2. The number of esters is 1. The summed E-state index contributed by atoms with van der Waals surface area (Å²) in [5.74, 6) is 0.327. The van der Waals surface area contributed by atoms with E-state index >= 15 is 0 Å². The fourth-order valence-electron chi connectivity index (χ4n) is 1.74. The number of hydrogen-bond donors (Lipinski definition) is 0. The summed E-state index contributed by atoms with van der Waals surface area (Å²) in [5, 5.41) is 3.86. The number of carbonyl (C=O) groups is 1. The molecule has 0 fully saturated rings. The minimum atomic E-state index is -0.375. The predicted molar refractivity (Wildman–Crippen MR) is 67.3 cm³/mol. The highest BCUT2D eigenvalue weighted by Gasteiger charge is 2.13. The molecule has 2 heterocycles. The molecule has 0 radical (unpaired) electrons. The third-order valence-electron chi connectivity index (χ3n) is 2.41. The van der Waals surface area contributed by atoms with Crippen molar-refractivity contribution >= 4 is 5.97 Å². The molecular weight excluding hydrogens is 246 g/mol. The van der Waals surface area contributed by atoms with Crippen molar-refractivity contribution in [2.24, 2.45) is 0 Å². The van der Waals surface area contributed by atoms with Gasteiger partial charge in [0, 0.05) is 17.0 Å². The Hall–Kier alpha value is -2.24. The molecule has 0 saturated carbocycles. The maximum atomic E-state index is 11.3. The molecule has 19 heavy (non-hydrogen) atoms. The van der Waals surface area contributed by atoms with Gasteiger partial charge in [-0.3, -0.25) is 9.78 Å². The smallest absolute Gasteiger partial charge is 0.315 e. The number of ether oxygens (including phenoxy) is 1. The van der Waals surface area contributed by atoms with E-state index in [2.05, 4.69) is 15.1 Å². The predicted octanol–water partition coefficient (Wildman–Crippen LogP) is 1.85. The number of aromatic nitrogens is 3. The van der Waals surface area contributed by atoms with E-state index in [1.54, 1.807) is 6.92 Å². The van der Waals surface area contributed by atoms with Crippen molar-refractivity contribution in [1.82, 2.24) is 15.1 Å². The van der Waals surface area contributed by atoms with Gasteiger partial charge in [0.2, 0.25) is 11.7 Å². The Kier molecular flexibility index (Phi) is 3.89. The molecule has 0 N–H and O–H groups in total. The van der Waals surface area contributed by atoms with Crippen LogP contribution in [0.4, 0.5) is 0 Å². The summed E-state index contributed by atoms with van der Waals surface area (Å²) in [4.78, 5) is 19.8. The summed E-state index contributed by atoms with van der Waals surface area (Å²) < 4.78 is 9.86. The first-order valence-electron chi connectivity index (χ1n) is 6.02. The van der Waals surface area contributed by atoms with Crippen LogP contribution < -0.4 is 0 Å². The highest BCUT2D eigenvalue weighted by atomic mass is 16.5. The van der Waals surface area contributed by atoms with E-state index in [0.717, 1.165) is 17.0 Å². The van der Waals surface area contributed by atoms with Gasteiger partial charge in [-0.15, -0.1) is 0 Å². The maximum absolute atomic E-state index is 11.3. The lowest BCUT2D eigenvalue weighted by Gasteiger charge is -1.99. The van der Waals surface area contributed by atoms with Crippen molar-refractivity contribution in [1.29, 1.82) is 0 Å². The second kappa shape index (κ2) is 5.60. The standard InChI is InChI=1S/C13H15N3O3/c1-4-18-12(17)7-11-15-13(16-19-11)10-5-8(2)14-9(3)6-10/h5-6H,4,7H2,1-3H3. The average Bonchev–Trinajstić information content (AvgIpc) is 2.76. The molecule has 2 rings (SSSR count). The molecular formula is C13H15N3O3. The molecule has 0 unspecified atom stereocenters. The fraction of sp³-hybridized carbons (Fsp3) is 0.385. The van der Waals surface area contributed by atoms with Gasteiger partial charge in [-0.2, -0.15) is 4.98 Å². The van der Waals surface area contributed by atoms with Crippen molar-refractivity contribution < 1.29 is 14.1 Å². The number of rotatable bonds is 4. The molecule has 2 aromatic heterocycles. The summed E-state index contributed by atoms with van der Waals surface area (Å²) in [6, 6.07) is 3.73. The second-order valence-corrected chi connectivity index (χ2v) is 4.13. The minimum absolute atomic E-state index is 0.0100. The van der Waals surface area contributed by atoms with Crippen LogP contribution in [-0.4, -0.2) is 27.7 Å². The minimum Gasteiger partial charge on any atom is -0.466 e. The molecule has 2 aromatic rings. The Morgan fingerprint density at radius 1 is 1.26 bits per heavy atom. The van der Waals surface area contributed by atoms with Crippen LogP contribution in [-0.2, 0) is 16.0 Å². The van der Waals surface area contributed by atoms with Crippen molar-refractivity contribution in [3.63, 3.8) is 0 Å². The molecule has 6 heteroatoms. The SMILES string of the molecule is CCOC(=O)Cc1nc(-c2cc(C)nc(C)c2)no1. The van der Waals surface area contributed by atoms with E-state index < -0.39 is 0 Å². The van der Waals surface area contributed by atoms with Crippen molar-refractivity contribution in [3.05, 3.63) is 29.4 Å². The zero-order chi connectivity index (χ0) is 13.8. The topological polar surface area (TPSA) is 78.1 Å². The number of carbonyl (C=O) groups excluding carboxylic acids is 1. The lowest BCUT2D eigenvalue weighted by molar-refractivity contribution is -0.142. The van der Waals surface area contributed by atoms with E-state index in [1.165, 1.54) is 0 Å². The highest BCUT2D eigenvalue weighted by molar-refractivity contribution is 5.71. The number of nitrogens with zero attached hydrogens (tertiary/aromatic N) is 3. The molecule has 0 aliphatic carbocycles. The number of aryl methyl sites for hydroxylation is 2. The Morgan fingerprint density at radius 3 is 2.58 bits per heavy atom. The third kappa shape index (κ3) is 3.37. The van der Waals surface area contributed by atoms with Gasteiger partial charge in [0.25, 0.3) is 0 Å². The molecule has 0 aliphatic rings. The largest absolute Gasteiger partial charge is 0.466 e. The maximum Gasteiger partial charge on any atom is 0.315 e. The van der Waals surface area contributed by atoms with Gasteiger partial charge in [-0.1, -0.05) is 5.16 Å². The van der Waals surface area contributed by atoms with Crippen LogP contribution in [0, 0.1) is 13.8 Å². The van der Waals surface area contributed by atoms with Crippen molar-refractivity contribution in [3.8, 4) is 11.4 Å². The number of hydrogen-bond acceptors (Lipinski definition) is 6. The zero-order valence-corrected chi connectivity index (χ0v) is 11.1. The monoisotopic (exact) mass is 261 g/mol. The van der Waals surface area contributed by atoms with E-state index in [0.29, 0.717) is 12.4 Å². The summed E-state index contributed by atoms with van der Waals surface area (Å²) in [7, 11) is 0. The Bertz CT molecular complexity index is 572. The second-order valence-electron chi connectivity index (χ2n) is 4.13. The zero-order valence-electron chi connectivity index (χ0n) is 11.1. The summed E-state index contributed by atoms with van der Waals surface area (Å²) in [5.41, 5.74) is 2.59. The van der Waals surface area contributed by atoms with Crippen LogP contribution in [0.2, 0.25) is 0 Å². The van der Waals surface area contributed by atoms with E-state index in [-0.39, 0.29) is 18.3 Å². The summed E-state index contributed by atoms with van der Waals surface area (Å²) in [6.07, 6.45) is -0.0100. The first kappa shape index (κ1) is 13.2. The lowest BCUT2D eigenvalue weighted by Crippen LogP contribution is -2.07. The fourth-order valence-corrected chi connectivity index (χ4v) is 1.74. The van der Waals surface area contributed by atoms with E-state index in [4.69, 9.17) is 9.26 Å². The van der Waals surface area contributed by atoms with Crippen molar-refractivity contribution in [2.45, 2.75) is 27.2 Å². The normalized spacial score (nSPS) is 10.5. The van der Waals surface area contributed by atoms with Gasteiger partial charge in [0.15, 0.2) is 0 Å². The van der Waals surface area contributed by atoms with Crippen LogP contribution in [0.1, 0.15) is 24.2 Å². The van der Waals surface area contributed by atoms with Crippen LogP contribution in [0.5, 0.6) is 0 Å². The average molecular weight is 261 g/mol. The highest BCUT2D eigenvalue weighted by Crippen LogP contribution is 2.17. The molecule has 0 spiro atoms. The molecule has 0 aromatic carbocycles. The van der Waals surface area contributed by atoms with Gasteiger partial charge in [0.1, 0.15) is 6.42 Å². The molecule has 0 amide bonds. The van der Waals surface area contributed by atoms with Crippen molar-refractivity contribution in [2.75, 3.05) is 6.61 Å². The summed E-state index contributed by atoms with van der Waals surface area (Å²) >= 11 is 0. The van der Waals surface area contributed by atoms with Gasteiger partial charge < -0.3 is 9.26 Å². The van der Waals surface area contributed by atoms with E-state index in [1.807, 2.05) is 26.0 Å². The molecule has 100 valence electrons. The molecule has 0 saturated heterocycles. The Labute approximate surface area is 110 Å². The van der Waals surface area contributed by atoms with Gasteiger partial charge >= 0.3 is 5.97 Å². The summed E-state index contributed by atoms with van der Waals surface area (Å²) in [6.45, 7) is 5.88. The van der Waals surface area contributed by atoms with Crippen LogP contribution in [0.25, 0.3) is 11.4 Å². The Balaban J connectivity index is 2.18. The quantitative estimate of drug-likeness (QED) is 0.781. The third-order valence-corrected chi connectivity index (χ3v) is 2.41. The first-order valence-corrected chi connectivity index (χ1v) is 6.02. The van der Waals surface area contributed by atoms with Gasteiger partial charge in [0.05, 0.1) is 6.61 Å².